The number of hydrogen-bond donors (Lipinski definition) is 6. The van der Waals surface area contributed by atoms with E-state index in [9.17, 15) is 44.6 Å². The molecule has 10 atom stereocenters. The predicted octanol–water partition coefficient (Wildman–Crippen LogP) is 9.66. The van der Waals surface area contributed by atoms with Gasteiger partial charge in [-0.3, -0.25) is 18.6 Å². The van der Waals surface area contributed by atoms with Crippen molar-refractivity contribution >= 4 is 19.8 Å². The summed E-state index contributed by atoms with van der Waals surface area (Å²) in [5.74, 6) is -1.19. The van der Waals surface area contributed by atoms with Gasteiger partial charge in [0.15, 0.2) is 6.10 Å². The summed E-state index contributed by atoms with van der Waals surface area (Å²) in [4.78, 5) is 35.8. The first-order valence-electron chi connectivity index (χ1n) is 25.4. The molecular formula is C52H87O14P. The standard InChI is InChI=1S/C52H87O14P/c1-3-5-7-8-9-10-11-12-13-14-15-16-17-18-19-20-25-28-31-35-39-46(54)64-42(41-63-67(60,61)66-52-50(58)48(56)47(55)49(57)51(52)59)40-62-45(53)38-34-30-27-24-22-21-23-26-29-33-37-44-43(65-44)36-32-6-4-2/h10-11,13-14,16-17,21,23-24,27,29,33,42-44,47-52,55-59H,3-9,12,15,18-20,22,25-26,28,30-32,34-41H2,1-2H3,(H,60,61)/b11-10-,14-13-,17-16-,23-21-,27-24-,33-29-/t42-,43?,44?,47?,48-,49+,50-,51-,52?/m1/s1. The van der Waals surface area contributed by atoms with Crippen LogP contribution in [-0.4, -0.2) is 111 Å². The zero-order chi connectivity index (χ0) is 49.0. The van der Waals surface area contributed by atoms with Crippen molar-refractivity contribution in [3.8, 4) is 0 Å². The van der Waals surface area contributed by atoms with Crippen LogP contribution in [0.4, 0.5) is 0 Å². The second-order valence-electron chi connectivity index (χ2n) is 17.7. The molecule has 0 radical (unpaired) electrons. The Labute approximate surface area is 401 Å². The largest absolute Gasteiger partial charge is 0.472 e. The minimum atomic E-state index is -5.15. The van der Waals surface area contributed by atoms with Crippen LogP contribution in [0.25, 0.3) is 0 Å². The summed E-state index contributed by atoms with van der Waals surface area (Å²) in [6.07, 6.45) is 36.9. The van der Waals surface area contributed by atoms with Crippen molar-refractivity contribution in [2.24, 2.45) is 0 Å². The van der Waals surface area contributed by atoms with Gasteiger partial charge >= 0.3 is 19.8 Å². The van der Waals surface area contributed by atoms with E-state index in [2.05, 4.69) is 74.6 Å². The average molecular weight is 967 g/mol. The van der Waals surface area contributed by atoms with Gasteiger partial charge in [0.05, 0.1) is 18.8 Å². The summed E-state index contributed by atoms with van der Waals surface area (Å²) in [5.41, 5.74) is 0. The van der Waals surface area contributed by atoms with E-state index >= 15 is 0 Å². The van der Waals surface area contributed by atoms with Gasteiger partial charge in [-0.05, 0) is 83.5 Å². The van der Waals surface area contributed by atoms with Crippen molar-refractivity contribution in [1.29, 1.82) is 0 Å². The summed E-state index contributed by atoms with van der Waals surface area (Å²) in [6, 6.07) is 0. The number of esters is 2. The smallest absolute Gasteiger partial charge is 0.462 e. The first-order valence-corrected chi connectivity index (χ1v) is 26.9. The molecule has 0 spiro atoms. The number of rotatable bonds is 40. The Bertz CT molecular complexity index is 1510. The van der Waals surface area contributed by atoms with Gasteiger partial charge in [-0.25, -0.2) is 4.57 Å². The molecule has 5 unspecified atom stereocenters. The molecule has 0 aromatic heterocycles. The number of ether oxygens (including phenoxy) is 3. The SMILES string of the molecule is CCCCCC/C=C\C/C=C\C/C=C\CCCCCCCCC(=O)O[C@H](COC(=O)CCC/C=C\C/C=C\C/C=C\CC1OC1CCCCC)COP(=O)(O)OC1[C@H](O)[C@H](O)C(O)[C@H](O)[C@H]1O. The Morgan fingerprint density at radius 3 is 1.58 bits per heavy atom. The molecule has 15 heteroatoms. The van der Waals surface area contributed by atoms with Crippen LogP contribution in [0.15, 0.2) is 72.9 Å². The fourth-order valence-electron chi connectivity index (χ4n) is 7.50. The average Bonchev–Trinajstić information content (AvgIpc) is 4.07. The summed E-state index contributed by atoms with van der Waals surface area (Å²) in [5, 5.41) is 50.3. The molecule has 2 fully saturated rings. The molecule has 0 aromatic carbocycles. The Morgan fingerprint density at radius 1 is 0.537 bits per heavy atom. The Balaban J connectivity index is 1.70. The predicted molar refractivity (Wildman–Crippen MR) is 262 cm³/mol. The molecule has 0 amide bonds. The van der Waals surface area contributed by atoms with Gasteiger partial charge in [-0.2, -0.15) is 0 Å². The molecule has 0 aromatic rings. The summed E-state index contributed by atoms with van der Waals surface area (Å²) in [7, 11) is -5.15. The van der Waals surface area contributed by atoms with Gasteiger partial charge in [0.2, 0.25) is 0 Å². The number of phosphoric acid groups is 1. The van der Waals surface area contributed by atoms with Crippen LogP contribution < -0.4 is 0 Å². The molecule has 384 valence electrons. The molecular weight excluding hydrogens is 880 g/mol. The lowest BCUT2D eigenvalue weighted by Gasteiger charge is -2.41. The number of allylic oxidation sites excluding steroid dienone is 11. The normalized spacial score (nSPS) is 24.8. The lowest BCUT2D eigenvalue weighted by Crippen LogP contribution is -2.64. The third-order valence-electron chi connectivity index (χ3n) is 11.7. The molecule has 1 heterocycles. The fraction of sp³-hybridized carbons (Fsp3) is 0.731. The van der Waals surface area contributed by atoms with Crippen molar-refractivity contribution in [2.75, 3.05) is 13.2 Å². The van der Waals surface area contributed by atoms with E-state index in [0.717, 1.165) is 77.0 Å². The van der Waals surface area contributed by atoms with E-state index in [4.69, 9.17) is 23.3 Å². The van der Waals surface area contributed by atoms with E-state index in [1.807, 2.05) is 12.2 Å². The van der Waals surface area contributed by atoms with Crippen molar-refractivity contribution < 1.29 is 67.8 Å². The lowest BCUT2D eigenvalue weighted by atomic mass is 9.85. The highest BCUT2D eigenvalue weighted by Crippen LogP contribution is 2.47. The molecule has 6 N–H and O–H groups in total. The highest BCUT2D eigenvalue weighted by molar-refractivity contribution is 7.47. The Hall–Kier alpha value is -2.75. The van der Waals surface area contributed by atoms with Crippen LogP contribution in [0.3, 0.4) is 0 Å². The number of carbonyl (C=O) groups is 2. The fourth-order valence-corrected chi connectivity index (χ4v) is 8.47. The molecule has 1 saturated carbocycles. The maximum Gasteiger partial charge on any atom is 0.472 e. The van der Waals surface area contributed by atoms with Crippen LogP contribution in [0.1, 0.15) is 174 Å². The van der Waals surface area contributed by atoms with Gasteiger partial charge in [0.25, 0.3) is 0 Å². The van der Waals surface area contributed by atoms with Crippen molar-refractivity contribution in [1.82, 2.24) is 0 Å². The van der Waals surface area contributed by atoms with Crippen LogP contribution in [0.5, 0.6) is 0 Å². The van der Waals surface area contributed by atoms with Gasteiger partial charge in [0, 0.05) is 12.8 Å². The topological polar surface area (TPSA) is 222 Å². The van der Waals surface area contributed by atoms with Gasteiger partial charge in [-0.1, -0.05) is 151 Å². The van der Waals surface area contributed by atoms with Crippen molar-refractivity contribution in [3.05, 3.63) is 72.9 Å². The number of unbranched alkanes of at least 4 members (excludes halogenated alkanes) is 13. The van der Waals surface area contributed by atoms with Crippen LogP contribution in [-0.2, 0) is 37.4 Å². The van der Waals surface area contributed by atoms with Crippen molar-refractivity contribution in [3.63, 3.8) is 0 Å². The quantitative estimate of drug-likeness (QED) is 0.0111. The summed E-state index contributed by atoms with van der Waals surface area (Å²) < 4.78 is 39.3. The molecule has 67 heavy (non-hydrogen) atoms. The monoisotopic (exact) mass is 967 g/mol. The number of carbonyl (C=O) groups excluding carboxylic acids is 2. The van der Waals surface area contributed by atoms with Crippen LogP contribution >= 0.6 is 7.82 Å². The van der Waals surface area contributed by atoms with E-state index in [0.29, 0.717) is 31.5 Å². The van der Waals surface area contributed by atoms with E-state index in [-0.39, 0.29) is 12.8 Å². The van der Waals surface area contributed by atoms with Crippen molar-refractivity contribution in [2.45, 2.75) is 229 Å². The maximum atomic E-state index is 12.8. The minimum Gasteiger partial charge on any atom is -0.462 e. The number of aliphatic hydroxyl groups is 5. The van der Waals surface area contributed by atoms with E-state index in [1.54, 1.807) is 0 Å². The number of epoxide rings is 1. The minimum absolute atomic E-state index is 0.0645. The second kappa shape index (κ2) is 38.1. The number of hydrogen-bond acceptors (Lipinski definition) is 13. The highest BCUT2D eigenvalue weighted by atomic mass is 31.2. The first kappa shape index (κ1) is 60.4. The summed E-state index contributed by atoms with van der Waals surface area (Å²) >= 11 is 0. The summed E-state index contributed by atoms with van der Waals surface area (Å²) in [6.45, 7) is 3.19. The zero-order valence-electron chi connectivity index (χ0n) is 40.6. The lowest BCUT2D eigenvalue weighted by molar-refractivity contribution is -0.220. The molecule has 1 aliphatic carbocycles. The molecule has 2 aliphatic rings. The first-order chi connectivity index (χ1) is 32.4. The van der Waals surface area contributed by atoms with E-state index in [1.165, 1.54) is 51.4 Å². The highest BCUT2D eigenvalue weighted by Gasteiger charge is 2.51. The molecule has 14 nitrogen and oxygen atoms in total. The third kappa shape index (κ3) is 29.8. The molecule has 2 rings (SSSR count). The number of phosphoric ester groups is 1. The Kier molecular flexibility index (Phi) is 34.3. The van der Waals surface area contributed by atoms with E-state index < -0.39 is 75.7 Å². The number of aliphatic hydroxyl groups excluding tert-OH is 5. The molecule has 1 saturated heterocycles. The van der Waals surface area contributed by atoms with Crippen LogP contribution in [0.2, 0.25) is 0 Å². The van der Waals surface area contributed by atoms with Crippen LogP contribution in [0, 0.1) is 0 Å². The van der Waals surface area contributed by atoms with Gasteiger partial charge < -0.3 is 44.6 Å². The molecule has 0 bridgehead atoms. The second-order valence-corrected chi connectivity index (χ2v) is 19.1. The van der Waals surface area contributed by atoms with Gasteiger partial charge in [-0.15, -0.1) is 0 Å². The van der Waals surface area contributed by atoms with Gasteiger partial charge in [0.1, 0.15) is 43.2 Å². The molecule has 1 aliphatic heterocycles. The zero-order valence-corrected chi connectivity index (χ0v) is 41.5. The third-order valence-corrected chi connectivity index (χ3v) is 12.7. The maximum absolute atomic E-state index is 12.8. The Morgan fingerprint density at radius 2 is 1.00 bits per heavy atom.